The Bertz CT molecular complexity index is 304. The predicted octanol–water partition coefficient (Wildman–Crippen LogP) is 2.64. The molecule has 0 amide bonds. The fraction of sp³-hybridized carbons (Fsp3) is 0.700. The number of nitrogens with one attached hydrogen (secondary N) is 1. The first-order chi connectivity index (χ1) is 6.77. The average Bonchev–Trinajstić information content (AvgIpc) is 2.40. The Balaban J connectivity index is 1.76. The number of nitrogen functional groups attached to an aromatic ring is 1. The lowest BCUT2D eigenvalue weighted by Gasteiger charge is -2.25. The van der Waals surface area contributed by atoms with Crippen LogP contribution in [-0.4, -0.2) is 10.9 Å². The Morgan fingerprint density at radius 1 is 1.57 bits per heavy atom. The van der Waals surface area contributed by atoms with Crippen LogP contribution in [0.2, 0.25) is 0 Å². The van der Waals surface area contributed by atoms with E-state index in [9.17, 15) is 0 Å². The van der Waals surface area contributed by atoms with Crippen molar-refractivity contribution >= 4 is 22.4 Å². The van der Waals surface area contributed by atoms with Gasteiger partial charge in [0.1, 0.15) is 10.8 Å². The Morgan fingerprint density at radius 2 is 2.36 bits per heavy atom. The summed E-state index contributed by atoms with van der Waals surface area (Å²) in [5.74, 6) is 1.63. The van der Waals surface area contributed by atoms with Crippen LogP contribution in [-0.2, 0) is 0 Å². The highest BCUT2D eigenvalue weighted by atomic mass is 32.1. The smallest absolute Gasteiger partial charge is 0.142 e. The van der Waals surface area contributed by atoms with E-state index >= 15 is 0 Å². The van der Waals surface area contributed by atoms with Gasteiger partial charge in [-0.15, -0.1) is 0 Å². The quantitative estimate of drug-likeness (QED) is 0.805. The van der Waals surface area contributed by atoms with Crippen molar-refractivity contribution in [1.29, 1.82) is 0 Å². The van der Waals surface area contributed by atoms with Gasteiger partial charge in [0.15, 0.2) is 0 Å². The molecule has 4 heteroatoms. The molecule has 78 valence electrons. The van der Waals surface area contributed by atoms with Crippen LogP contribution in [0.15, 0.2) is 0 Å². The fourth-order valence-corrected chi connectivity index (χ4v) is 2.42. The molecular weight excluding hydrogens is 194 g/mol. The lowest BCUT2D eigenvalue weighted by atomic mass is 9.83. The predicted molar refractivity (Wildman–Crippen MR) is 61.7 cm³/mol. The molecule has 0 aromatic carbocycles. The van der Waals surface area contributed by atoms with Crippen LogP contribution in [0.4, 0.5) is 10.8 Å². The number of hydrogen-bond donors (Lipinski definition) is 2. The Labute approximate surface area is 88.9 Å². The van der Waals surface area contributed by atoms with E-state index in [1.165, 1.54) is 37.2 Å². The topological polar surface area (TPSA) is 50.9 Å². The van der Waals surface area contributed by atoms with E-state index in [0.717, 1.165) is 23.0 Å². The third kappa shape index (κ3) is 2.00. The summed E-state index contributed by atoms with van der Waals surface area (Å²) in [4.78, 5) is 0. The minimum absolute atomic E-state index is 0.668. The molecular formula is C10H17N3S. The first-order valence-corrected chi connectivity index (χ1v) is 6.00. The zero-order valence-electron chi connectivity index (χ0n) is 8.55. The summed E-state index contributed by atoms with van der Waals surface area (Å²) in [5.41, 5.74) is 6.77. The van der Waals surface area contributed by atoms with Crippen LogP contribution in [0.25, 0.3) is 0 Å². The second-order valence-corrected chi connectivity index (χ2v) is 4.81. The zero-order valence-corrected chi connectivity index (χ0v) is 9.36. The maximum atomic E-state index is 5.67. The van der Waals surface area contributed by atoms with E-state index in [4.69, 9.17) is 5.73 Å². The van der Waals surface area contributed by atoms with Gasteiger partial charge in [-0.1, -0.05) is 19.3 Å². The molecule has 1 heterocycles. The van der Waals surface area contributed by atoms with Crippen LogP contribution in [0, 0.1) is 12.8 Å². The summed E-state index contributed by atoms with van der Waals surface area (Å²) in [5, 5.41) is 4.55. The van der Waals surface area contributed by atoms with Crippen molar-refractivity contribution in [3.63, 3.8) is 0 Å². The molecule has 0 aliphatic heterocycles. The molecule has 0 radical (unpaired) electrons. The molecule has 1 saturated carbocycles. The monoisotopic (exact) mass is 211 g/mol. The van der Waals surface area contributed by atoms with Gasteiger partial charge >= 0.3 is 0 Å². The first-order valence-electron chi connectivity index (χ1n) is 5.23. The van der Waals surface area contributed by atoms with Crippen LogP contribution in [0.3, 0.4) is 0 Å². The van der Waals surface area contributed by atoms with Gasteiger partial charge in [0, 0.05) is 12.1 Å². The molecule has 0 spiro atoms. The van der Waals surface area contributed by atoms with Gasteiger partial charge < -0.3 is 11.1 Å². The molecule has 2 rings (SSSR count). The molecule has 0 saturated heterocycles. The molecule has 3 N–H and O–H groups in total. The van der Waals surface area contributed by atoms with Gasteiger partial charge in [0.25, 0.3) is 0 Å². The van der Waals surface area contributed by atoms with Gasteiger partial charge in [0.05, 0.1) is 0 Å². The fourth-order valence-electron chi connectivity index (χ4n) is 1.68. The number of anilines is 2. The molecule has 1 aromatic heterocycles. The highest BCUT2D eigenvalue weighted by molar-refractivity contribution is 7.10. The minimum atomic E-state index is 0.668. The summed E-state index contributed by atoms with van der Waals surface area (Å²) in [6.45, 7) is 3.08. The summed E-state index contributed by atoms with van der Waals surface area (Å²) in [6, 6.07) is 0. The number of rotatable bonds is 4. The maximum absolute atomic E-state index is 5.67. The molecule has 0 atom stereocenters. The molecule has 1 fully saturated rings. The largest absolute Gasteiger partial charge is 0.383 e. The molecule has 14 heavy (non-hydrogen) atoms. The number of nitrogens with two attached hydrogens (primary N) is 1. The van der Waals surface area contributed by atoms with E-state index in [1.54, 1.807) is 0 Å². The van der Waals surface area contributed by atoms with Crippen LogP contribution in [0.1, 0.15) is 31.2 Å². The Kier molecular flexibility index (Phi) is 2.91. The van der Waals surface area contributed by atoms with Crippen molar-refractivity contribution < 1.29 is 0 Å². The second kappa shape index (κ2) is 4.17. The van der Waals surface area contributed by atoms with Crippen molar-refractivity contribution in [3.8, 4) is 0 Å². The zero-order chi connectivity index (χ0) is 9.97. The molecule has 1 aromatic rings. The lowest BCUT2D eigenvalue weighted by molar-refractivity contribution is 0.303. The molecule has 3 nitrogen and oxygen atoms in total. The summed E-state index contributed by atoms with van der Waals surface area (Å²) in [6.07, 6.45) is 5.56. The van der Waals surface area contributed by atoms with E-state index < -0.39 is 0 Å². The van der Waals surface area contributed by atoms with Gasteiger partial charge in [-0.25, -0.2) is 0 Å². The van der Waals surface area contributed by atoms with Crippen molar-refractivity contribution in [2.24, 2.45) is 5.92 Å². The second-order valence-electron chi connectivity index (χ2n) is 4.03. The highest BCUT2D eigenvalue weighted by Crippen LogP contribution is 2.30. The molecule has 0 bridgehead atoms. The van der Waals surface area contributed by atoms with Crippen molar-refractivity contribution in [2.45, 2.75) is 32.6 Å². The summed E-state index contributed by atoms with van der Waals surface area (Å²) < 4.78 is 4.11. The minimum Gasteiger partial charge on any atom is -0.383 e. The Morgan fingerprint density at radius 3 is 2.86 bits per heavy atom. The van der Waals surface area contributed by atoms with Crippen LogP contribution < -0.4 is 11.1 Å². The van der Waals surface area contributed by atoms with Crippen LogP contribution in [0.5, 0.6) is 0 Å². The van der Waals surface area contributed by atoms with Gasteiger partial charge in [-0.3, -0.25) is 0 Å². The maximum Gasteiger partial charge on any atom is 0.142 e. The van der Waals surface area contributed by atoms with Crippen molar-refractivity contribution in [2.75, 3.05) is 17.6 Å². The van der Waals surface area contributed by atoms with E-state index in [-0.39, 0.29) is 0 Å². The first kappa shape index (κ1) is 9.77. The van der Waals surface area contributed by atoms with E-state index in [0.29, 0.717) is 5.82 Å². The Hall–Kier alpha value is -0.770. The third-order valence-corrected chi connectivity index (χ3v) is 3.94. The molecule has 0 unspecified atom stereocenters. The molecule has 1 aliphatic carbocycles. The normalized spacial score (nSPS) is 16.6. The average molecular weight is 211 g/mol. The van der Waals surface area contributed by atoms with E-state index in [1.807, 2.05) is 6.92 Å². The van der Waals surface area contributed by atoms with Gasteiger partial charge in [0.2, 0.25) is 0 Å². The molecule has 1 aliphatic rings. The number of hydrogen-bond acceptors (Lipinski definition) is 4. The number of aromatic nitrogens is 1. The van der Waals surface area contributed by atoms with Crippen molar-refractivity contribution in [3.05, 3.63) is 5.56 Å². The highest BCUT2D eigenvalue weighted by Gasteiger charge is 2.16. The van der Waals surface area contributed by atoms with E-state index in [2.05, 4.69) is 9.69 Å². The lowest BCUT2D eigenvalue weighted by Crippen LogP contribution is -2.15. The third-order valence-electron chi connectivity index (χ3n) is 3.02. The summed E-state index contributed by atoms with van der Waals surface area (Å²) >= 11 is 1.47. The van der Waals surface area contributed by atoms with Crippen LogP contribution >= 0.6 is 11.5 Å². The van der Waals surface area contributed by atoms with Crippen molar-refractivity contribution in [1.82, 2.24) is 4.37 Å². The van der Waals surface area contributed by atoms with Gasteiger partial charge in [-0.05, 0) is 30.8 Å². The van der Waals surface area contributed by atoms with Gasteiger partial charge in [-0.2, -0.15) is 4.37 Å². The SMILES string of the molecule is Cc1c(N)nsc1NCCC1CCC1. The standard InChI is InChI=1S/C10H17N3S/c1-7-9(11)13-14-10(7)12-6-5-8-3-2-4-8/h8,12H,2-6H2,1H3,(H2,11,13). The summed E-state index contributed by atoms with van der Waals surface area (Å²) in [7, 11) is 0. The number of nitrogens with zero attached hydrogens (tertiary/aromatic N) is 1.